The van der Waals surface area contributed by atoms with E-state index >= 15 is 0 Å². The summed E-state index contributed by atoms with van der Waals surface area (Å²) in [5.74, 6) is 1.12. The lowest BCUT2D eigenvalue weighted by Crippen LogP contribution is -2.13. The second-order valence-corrected chi connectivity index (χ2v) is 4.43. The predicted molar refractivity (Wildman–Crippen MR) is 69.6 cm³/mol. The molecule has 92 valence electrons. The predicted octanol–water partition coefficient (Wildman–Crippen LogP) is 3.41. The molecule has 0 aromatic heterocycles. The lowest BCUT2D eigenvalue weighted by atomic mass is 10.0. The maximum Gasteiger partial charge on any atom is 0.123 e. The highest BCUT2D eigenvalue weighted by Crippen LogP contribution is 2.33. The largest absolute Gasteiger partial charge is 0.493 e. The molecule has 18 heavy (non-hydrogen) atoms. The van der Waals surface area contributed by atoms with Gasteiger partial charge in [-0.15, -0.1) is 0 Å². The number of hydrogen-bond donors (Lipinski definition) is 1. The Bertz CT molecular complexity index is 538. The normalized spacial score (nSPS) is 17.1. The summed E-state index contributed by atoms with van der Waals surface area (Å²) in [6.45, 7) is 1.50. The Kier molecular flexibility index (Phi) is 2.89. The van der Waals surface area contributed by atoms with Crippen molar-refractivity contribution in [1.29, 1.82) is 0 Å². The van der Waals surface area contributed by atoms with Gasteiger partial charge >= 0.3 is 0 Å². The van der Waals surface area contributed by atoms with Gasteiger partial charge in [-0.1, -0.05) is 18.2 Å². The van der Waals surface area contributed by atoms with Gasteiger partial charge in [0.05, 0.1) is 6.61 Å². The topological polar surface area (TPSA) is 21.3 Å². The third-order valence-corrected chi connectivity index (χ3v) is 3.20. The highest BCUT2D eigenvalue weighted by atomic mass is 19.1. The van der Waals surface area contributed by atoms with E-state index in [1.807, 2.05) is 18.2 Å². The smallest absolute Gasteiger partial charge is 0.123 e. The summed E-state index contributed by atoms with van der Waals surface area (Å²) >= 11 is 0. The summed E-state index contributed by atoms with van der Waals surface area (Å²) in [5.41, 5.74) is 2.17. The minimum absolute atomic E-state index is 0.213. The number of ether oxygens (including phenoxy) is 1. The first kappa shape index (κ1) is 11.1. The maximum absolute atomic E-state index is 12.8. The maximum atomic E-state index is 12.8. The van der Waals surface area contributed by atoms with Gasteiger partial charge in [0.25, 0.3) is 0 Å². The average Bonchev–Trinajstić information content (AvgIpc) is 2.82. The molecule has 0 radical (unpaired) electrons. The fourth-order valence-corrected chi connectivity index (χ4v) is 2.21. The quantitative estimate of drug-likeness (QED) is 0.892. The fourth-order valence-electron chi connectivity index (χ4n) is 2.21. The Morgan fingerprint density at radius 1 is 1.11 bits per heavy atom. The Labute approximate surface area is 105 Å². The standard InChI is InChI=1S/C15H14FNO/c16-12-5-7-13(8-6-12)17-9-11-10-18-15-4-2-1-3-14(11)15/h1-8,11,17H,9-10H2. The first-order valence-electron chi connectivity index (χ1n) is 6.04. The number of para-hydroxylation sites is 1. The van der Waals surface area contributed by atoms with Crippen LogP contribution in [0.4, 0.5) is 10.1 Å². The van der Waals surface area contributed by atoms with Gasteiger partial charge in [-0.3, -0.25) is 0 Å². The molecule has 0 fully saturated rings. The van der Waals surface area contributed by atoms with Crippen molar-refractivity contribution in [2.45, 2.75) is 5.92 Å². The molecule has 2 nitrogen and oxygen atoms in total. The van der Waals surface area contributed by atoms with Crippen LogP contribution in [-0.2, 0) is 0 Å². The van der Waals surface area contributed by atoms with Crippen LogP contribution in [0.1, 0.15) is 11.5 Å². The van der Waals surface area contributed by atoms with Crippen molar-refractivity contribution in [2.75, 3.05) is 18.5 Å². The highest BCUT2D eigenvalue weighted by molar-refractivity contribution is 5.45. The van der Waals surface area contributed by atoms with Crippen LogP contribution >= 0.6 is 0 Å². The van der Waals surface area contributed by atoms with E-state index in [1.54, 1.807) is 12.1 Å². The van der Waals surface area contributed by atoms with Crippen molar-refractivity contribution < 1.29 is 9.13 Å². The number of anilines is 1. The molecule has 3 heteroatoms. The van der Waals surface area contributed by atoms with Gasteiger partial charge in [0.1, 0.15) is 11.6 Å². The molecular weight excluding hydrogens is 229 g/mol. The van der Waals surface area contributed by atoms with Crippen LogP contribution < -0.4 is 10.1 Å². The van der Waals surface area contributed by atoms with Gasteiger partial charge in [0, 0.05) is 23.7 Å². The van der Waals surface area contributed by atoms with E-state index in [-0.39, 0.29) is 5.82 Å². The van der Waals surface area contributed by atoms with E-state index < -0.39 is 0 Å². The van der Waals surface area contributed by atoms with E-state index in [4.69, 9.17) is 4.74 Å². The molecule has 0 amide bonds. The molecule has 3 rings (SSSR count). The van der Waals surface area contributed by atoms with Crippen molar-refractivity contribution in [3.8, 4) is 5.75 Å². The summed E-state index contributed by atoms with van der Waals surface area (Å²) in [5, 5.41) is 3.31. The number of nitrogens with one attached hydrogen (secondary N) is 1. The third-order valence-electron chi connectivity index (χ3n) is 3.20. The Morgan fingerprint density at radius 3 is 2.72 bits per heavy atom. The first-order chi connectivity index (χ1) is 8.83. The van der Waals surface area contributed by atoms with E-state index in [9.17, 15) is 4.39 Å². The van der Waals surface area contributed by atoms with Crippen LogP contribution in [0.2, 0.25) is 0 Å². The monoisotopic (exact) mass is 243 g/mol. The molecule has 0 saturated carbocycles. The Hall–Kier alpha value is -2.03. The van der Waals surface area contributed by atoms with Gasteiger partial charge in [0.15, 0.2) is 0 Å². The lowest BCUT2D eigenvalue weighted by molar-refractivity contribution is 0.334. The molecule has 1 unspecified atom stereocenters. The van der Waals surface area contributed by atoms with Crippen LogP contribution in [0.25, 0.3) is 0 Å². The summed E-state index contributed by atoms with van der Waals surface area (Å²) in [6, 6.07) is 14.5. The molecule has 1 heterocycles. The van der Waals surface area contributed by atoms with E-state index in [2.05, 4.69) is 11.4 Å². The zero-order valence-electron chi connectivity index (χ0n) is 9.90. The van der Waals surface area contributed by atoms with Crippen molar-refractivity contribution in [1.82, 2.24) is 0 Å². The number of fused-ring (bicyclic) bond motifs is 1. The van der Waals surface area contributed by atoms with Crippen LogP contribution in [0, 0.1) is 5.82 Å². The third kappa shape index (κ3) is 2.16. The van der Waals surface area contributed by atoms with Crippen molar-refractivity contribution in [3.63, 3.8) is 0 Å². The number of hydrogen-bond acceptors (Lipinski definition) is 2. The van der Waals surface area contributed by atoms with Crippen molar-refractivity contribution >= 4 is 5.69 Å². The summed E-state index contributed by atoms with van der Waals surface area (Å²) in [7, 11) is 0. The number of benzene rings is 2. The number of rotatable bonds is 3. The SMILES string of the molecule is Fc1ccc(NCC2COc3ccccc32)cc1. The summed E-state index contributed by atoms with van der Waals surface area (Å²) in [6.07, 6.45) is 0. The fraction of sp³-hybridized carbons (Fsp3) is 0.200. The molecule has 0 aliphatic carbocycles. The second-order valence-electron chi connectivity index (χ2n) is 4.43. The zero-order chi connectivity index (χ0) is 12.4. The van der Waals surface area contributed by atoms with Crippen LogP contribution in [-0.4, -0.2) is 13.2 Å². The van der Waals surface area contributed by atoms with Gasteiger partial charge in [-0.2, -0.15) is 0 Å². The molecule has 1 atom stereocenters. The van der Waals surface area contributed by atoms with Crippen LogP contribution in [0.3, 0.4) is 0 Å². The Balaban J connectivity index is 1.67. The second kappa shape index (κ2) is 4.69. The molecule has 2 aromatic carbocycles. The molecule has 0 saturated heterocycles. The van der Waals surface area contributed by atoms with Crippen molar-refractivity contribution in [2.24, 2.45) is 0 Å². The van der Waals surface area contributed by atoms with Crippen molar-refractivity contribution in [3.05, 3.63) is 59.9 Å². The molecule has 0 bridgehead atoms. The minimum atomic E-state index is -0.213. The van der Waals surface area contributed by atoms with Gasteiger partial charge in [-0.25, -0.2) is 4.39 Å². The molecule has 1 N–H and O–H groups in total. The molecule has 2 aromatic rings. The van der Waals surface area contributed by atoms with Gasteiger partial charge in [0.2, 0.25) is 0 Å². The van der Waals surface area contributed by atoms with Gasteiger partial charge in [-0.05, 0) is 30.3 Å². The van der Waals surface area contributed by atoms with E-state index in [0.29, 0.717) is 12.5 Å². The van der Waals surface area contributed by atoms with E-state index in [1.165, 1.54) is 17.7 Å². The van der Waals surface area contributed by atoms with E-state index in [0.717, 1.165) is 18.0 Å². The summed E-state index contributed by atoms with van der Waals surface area (Å²) in [4.78, 5) is 0. The molecule has 1 aliphatic heterocycles. The zero-order valence-corrected chi connectivity index (χ0v) is 9.90. The highest BCUT2D eigenvalue weighted by Gasteiger charge is 2.22. The molecule has 1 aliphatic rings. The Morgan fingerprint density at radius 2 is 1.89 bits per heavy atom. The minimum Gasteiger partial charge on any atom is -0.493 e. The molecule has 0 spiro atoms. The summed E-state index contributed by atoms with van der Waals surface area (Å²) < 4.78 is 18.4. The van der Waals surface area contributed by atoms with Crippen LogP contribution in [0.5, 0.6) is 5.75 Å². The van der Waals surface area contributed by atoms with Gasteiger partial charge < -0.3 is 10.1 Å². The number of halogens is 1. The molecular formula is C15H14FNO. The first-order valence-corrected chi connectivity index (χ1v) is 6.04. The average molecular weight is 243 g/mol. The lowest BCUT2D eigenvalue weighted by Gasteiger charge is -2.11. The van der Waals surface area contributed by atoms with Crippen LogP contribution in [0.15, 0.2) is 48.5 Å².